The van der Waals surface area contributed by atoms with Crippen LogP contribution in [0.2, 0.25) is 0 Å². The largest absolute Gasteiger partial charge is 0.355 e. The van der Waals surface area contributed by atoms with Gasteiger partial charge in [0.1, 0.15) is 0 Å². The second kappa shape index (κ2) is 7.78. The average Bonchev–Trinajstić information content (AvgIpc) is 2.55. The molecule has 0 radical (unpaired) electrons. The summed E-state index contributed by atoms with van der Waals surface area (Å²) in [5.74, 6) is 0.622. The molecule has 1 aliphatic rings. The number of nitrogens with one attached hydrogen (secondary N) is 2. The Morgan fingerprint density at radius 2 is 1.73 bits per heavy atom. The van der Waals surface area contributed by atoms with Crippen molar-refractivity contribution in [1.82, 2.24) is 10.6 Å². The van der Waals surface area contributed by atoms with E-state index in [1.807, 2.05) is 12.1 Å². The van der Waals surface area contributed by atoms with Crippen molar-refractivity contribution >= 4 is 17.9 Å². The third kappa shape index (κ3) is 4.72. The molecule has 1 fully saturated rings. The Kier molecular flexibility index (Phi) is 5.75. The van der Waals surface area contributed by atoms with Gasteiger partial charge in [0.05, 0.1) is 0 Å². The lowest BCUT2D eigenvalue weighted by Crippen LogP contribution is -2.36. The summed E-state index contributed by atoms with van der Waals surface area (Å²) in [6.45, 7) is 2.26. The van der Waals surface area contributed by atoms with Gasteiger partial charge in [-0.2, -0.15) is 0 Å². The Morgan fingerprint density at radius 1 is 1.09 bits per heavy atom. The summed E-state index contributed by atoms with van der Waals surface area (Å²) >= 11 is 0. The minimum atomic E-state index is -0.111. The molecule has 0 atom stereocenters. The zero-order valence-electron chi connectivity index (χ0n) is 13.3. The maximum Gasteiger partial charge on any atom is 0.251 e. The number of amides is 2. The van der Waals surface area contributed by atoms with Crippen molar-refractivity contribution in [2.45, 2.75) is 38.6 Å². The fraction of sp³-hybridized carbons (Fsp3) is 0.444. The highest BCUT2D eigenvalue weighted by molar-refractivity contribution is 5.94. The molecule has 1 aromatic carbocycles. The van der Waals surface area contributed by atoms with E-state index in [4.69, 9.17) is 0 Å². The maximum absolute atomic E-state index is 11.9. The topological polar surface area (TPSA) is 58.2 Å². The number of hydrogen-bond donors (Lipinski definition) is 2. The fourth-order valence-electron chi connectivity index (χ4n) is 2.72. The minimum absolute atomic E-state index is 0.0464. The van der Waals surface area contributed by atoms with Crippen LogP contribution in [0.1, 0.15) is 48.5 Å². The molecule has 0 aliphatic heterocycles. The van der Waals surface area contributed by atoms with Gasteiger partial charge in [0.2, 0.25) is 5.91 Å². The summed E-state index contributed by atoms with van der Waals surface area (Å²) in [6, 6.07) is 7.47. The molecule has 4 nitrogen and oxygen atoms in total. The first-order chi connectivity index (χ1) is 10.6. The lowest BCUT2D eigenvalue weighted by molar-refractivity contribution is -0.117. The van der Waals surface area contributed by atoms with E-state index in [9.17, 15) is 9.59 Å². The van der Waals surface area contributed by atoms with Gasteiger partial charge >= 0.3 is 0 Å². The predicted molar refractivity (Wildman–Crippen MR) is 88.4 cm³/mol. The van der Waals surface area contributed by atoms with Crippen LogP contribution in [-0.2, 0) is 4.79 Å². The molecular formula is C18H24N2O2. The average molecular weight is 300 g/mol. The van der Waals surface area contributed by atoms with Gasteiger partial charge in [0.25, 0.3) is 5.91 Å². The molecule has 2 N–H and O–H groups in total. The van der Waals surface area contributed by atoms with Crippen molar-refractivity contribution in [3.8, 4) is 0 Å². The van der Waals surface area contributed by atoms with Crippen LogP contribution in [0, 0.1) is 5.92 Å². The molecule has 2 amide bonds. The van der Waals surface area contributed by atoms with E-state index in [-0.39, 0.29) is 11.8 Å². The van der Waals surface area contributed by atoms with Crippen LogP contribution >= 0.6 is 0 Å². The third-order valence-electron chi connectivity index (χ3n) is 4.19. The second-order valence-electron chi connectivity index (χ2n) is 6.00. The fourth-order valence-corrected chi connectivity index (χ4v) is 2.72. The summed E-state index contributed by atoms with van der Waals surface area (Å²) in [6.07, 6.45) is 7.86. The smallest absolute Gasteiger partial charge is 0.251 e. The first-order valence-corrected chi connectivity index (χ1v) is 7.89. The Morgan fingerprint density at radius 3 is 2.32 bits per heavy atom. The molecule has 0 heterocycles. The first-order valence-electron chi connectivity index (χ1n) is 7.89. The summed E-state index contributed by atoms with van der Waals surface area (Å²) in [5, 5.41) is 5.64. The molecule has 2 rings (SSSR count). The van der Waals surface area contributed by atoms with Crippen LogP contribution in [0.5, 0.6) is 0 Å². The highest BCUT2D eigenvalue weighted by atomic mass is 16.2. The number of carbonyl (C=O) groups excluding carboxylic acids is 2. The van der Waals surface area contributed by atoms with E-state index in [1.54, 1.807) is 31.3 Å². The quantitative estimate of drug-likeness (QED) is 0.840. The molecule has 0 aromatic heterocycles. The van der Waals surface area contributed by atoms with Gasteiger partial charge in [-0.05, 0) is 55.4 Å². The summed E-state index contributed by atoms with van der Waals surface area (Å²) in [4.78, 5) is 23.4. The zero-order chi connectivity index (χ0) is 15.9. The van der Waals surface area contributed by atoms with E-state index in [0.29, 0.717) is 11.6 Å². The van der Waals surface area contributed by atoms with E-state index in [0.717, 1.165) is 24.3 Å². The van der Waals surface area contributed by atoms with Crippen LogP contribution in [0.4, 0.5) is 0 Å². The number of hydrogen-bond acceptors (Lipinski definition) is 2. The van der Waals surface area contributed by atoms with E-state index in [2.05, 4.69) is 17.6 Å². The first kappa shape index (κ1) is 16.3. The molecule has 4 heteroatoms. The van der Waals surface area contributed by atoms with Crippen LogP contribution < -0.4 is 10.6 Å². The molecule has 118 valence electrons. The highest BCUT2D eigenvalue weighted by Gasteiger charge is 2.18. The van der Waals surface area contributed by atoms with Crippen LogP contribution in [0.3, 0.4) is 0 Å². The Labute approximate surface area is 132 Å². The molecule has 0 unspecified atom stereocenters. The predicted octanol–water partition coefficient (Wildman–Crippen LogP) is 2.75. The van der Waals surface area contributed by atoms with Gasteiger partial charge in [-0.1, -0.05) is 19.1 Å². The molecule has 0 spiro atoms. The molecule has 1 aliphatic carbocycles. The van der Waals surface area contributed by atoms with Crippen molar-refractivity contribution in [2.75, 3.05) is 7.05 Å². The van der Waals surface area contributed by atoms with Gasteiger partial charge in [-0.25, -0.2) is 0 Å². The second-order valence-corrected chi connectivity index (χ2v) is 6.00. The molecule has 22 heavy (non-hydrogen) atoms. The monoisotopic (exact) mass is 300 g/mol. The van der Waals surface area contributed by atoms with Crippen LogP contribution in [0.15, 0.2) is 30.3 Å². The Balaban J connectivity index is 1.85. The lowest BCUT2D eigenvalue weighted by Gasteiger charge is -2.26. The van der Waals surface area contributed by atoms with Crippen molar-refractivity contribution in [3.05, 3.63) is 41.5 Å². The molecular weight excluding hydrogens is 276 g/mol. The van der Waals surface area contributed by atoms with Crippen LogP contribution in [0.25, 0.3) is 6.08 Å². The van der Waals surface area contributed by atoms with Gasteiger partial charge in [-0.15, -0.1) is 0 Å². The van der Waals surface area contributed by atoms with E-state index >= 15 is 0 Å². The van der Waals surface area contributed by atoms with Gasteiger partial charge in [-0.3, -0.25) is 9.59 Å². The summed E-state index contributed by atoms with van der Waals surface area (Å²) < 4.78 is 0. The standard InChI is InChI=1S/C18H24N2O2/c1-13-3-10-16(11-4-13)20-17(21)12-7-14-5-8-15(9-6-14)18(22)19-2/h5-9,12-13,16H,3-4,10-11H2,1-2H3,(H,19,22)(H,20,21)/b12-7+. The molecule has 0 bridgehead atoms. The zero-order valence-corrected chi connectivity index (χ0v) is 13.3. The van der Waals surface area contributed by atoms with Crippen molar-refractivity contribution in [3.63, 3.8) is 0 Å². The van der Waals surface area contributed by atoms with Gasteiger partial charge < -0.3 is 10.6 Å². The summed E-state index contributed by atoms with van der Waals surface area (Å²) in [5.41, 5.74) is 1.51. The van der Waals surface area contributed by atoms with Crippen molar-refractivity contribution in [1.29, 1.82) is 0 Å². The summed E-state index contributed by atoms with van der Waals surface area (Å²) in [7, 11) is 1.60. The molecule has 1 aromatic rings. The normalized spacial score (nSPS) is 21.5. The lowest BCUT2D eigenvalue weighted by atomic mass is 9.87. The van der Waals surface area contributed by atoms with E-state index in [1.165, 1.54) is 12.8 Å². The van der Waals surface area contributed by atoms with E-state index < -0.39 is 0 Å². The third-order valence-corrected chi connectivity index (χ3v) is 4.19. The maximum atomic E-state index is 11.9. The van der Waals surface area contributed by atoms with Crippen molar-refractivity contribution < 1.29 is 9.59 Å². The Hall–Kier alpha value is -2.10. The van der Waals surface area contributed by atoms with Gasteiger partial charge in [0, 0.05) is 24.7 Å². The SMILES string of the molecule is CNC(=O)c1ccc(/C=C/C(=O)NC2CCC(C)CC2)cc1. The number of carbonyl (C=O) groups is 2. The minimum Gasteiger partial charge on any atom is -0.355 e. The molecule has 0 saturated heterocycles. The number of benzene rings is 1. The Bertz CT molecular complexity index is 541. The highest BCUT2D eigenvalue weighted by Crippen LogP contribution is 2.23. The van der Waals surface area contributed by atoms with Crippen LogP contribution in [-0.4, -0.2) is 24.9 Å². The van der Waals surface area contributed by atoms with Gasteiger partial charge in [0.15, 0.2) is 0 Å². The number of rotatable bonds is 4. The van der Waals surface area contributed by atoms with Crippen molar-refractivity contribution in [2.24, 2.45) is 5.92 Å². The molecule has 1 saturated carbocycles.